The minimum atomic E-state index is -3.53. The summed E-state index contributed by atoms with van der Waals surface area (Å²) in [5.41, 5.74) is -0.517. The summed E-state index contributed by atoms with van der Waals surface area (Å²) < 4.78 is 22.3. The molecule has 1 N–H and O–H groups in total. The van der Waals surface area contributed by atoms with Gasteiger partial charge in [-0.1, -0.05) is 66.2 Å². The highest BCUT2D eigenvalue weighted by Crippen LogP contribution is 2.60. The molecule has 3 aromatic carbocycles. The van der Waals surface area contributed by atoms with Crippen molar-refractivity contribution in [3.63, 3.8) is 0 Å². The lowest BCUT2D eigenvalue weighted by Crippen LogP contribution is -2.60. The third-order valence-corrected chi connectivity index (χ3v) is 10.2. The summed E-state index contributed by atoms with van der Waals surface area (Å²) >= 11 is 5.81. The molecule has 0 aliphatic carbocycles. The zero-order valence-electron chi connectivity index (χ0n) is 19.1. The number of nitrogens with zero attached hydrogens (tertiary/aromatic N) is 1. The lowest BCUT2D eigenvalue weighted by Gasteiger charge is -2.46. The first-order valence-corrected chi connectivity index (χ1v) is 12.8. The Balaban J connectivity index is 2.07. The summed E-state index contributed by atoms with van der Waals surface area (Å²) in [4.78, 5) is 13.2. The first kappa shape index (κ1) is 23.2. The molecule has 7 heteroatoms. The molecule has 0 spiro atoms. The van der Waals surface area contributed by atoms with Crippen molar-refractivity contribution in [2.24, 2.45) is 0 Å². The highest BCUT2D eigenvalue weighted by molar-refractivity contribution is 7.83. The molecule has 33 heavy (non-hydrogen) atoms. The molecule has 1 saturated heterocycles. The molecule has 0 bridgehead atoms. The SMILES string of the molecule is COC(=O)[C@@]1(C)NC(=S)N(P(=O)(c2ccccc2)c2ccccc2)[C@@]1(C)c1ccc(C)cc1. The van der Waals surface area contributed by atoms with Gasteiger partial charge in [0, 0.05) is 10.6 Å². The van der Waals surface area contributed by atoms with Crippen molar-refractivity contribution < 1.29 is 14.1 Å². The van der Waals surface area contributed by atoms with Crippen molar-refractivity contribution in [1.82, 2.24) is 9.99 Å². The van der Waals surface area contributed by atoms with E-state index in [9.17, 15) is 4.79 Å². The summed E-state index contributed by atoms with van der Waals surface area (Å²) in [6.07, 6.45) is 0. The molecule has 5 nitrogen and oxygen atoms in total. The van der Waals surface area contributed by atoms with Crippen LogP contribution >= 0.6 is 19.5 Å². The molecule has 3 aromatic rings. The maximum atomic E-state index is 15.3. The minimum absolute atomic E-state index is 0.238. The molecular weight excluding hydrogens is 451 g/mol. The van der Waals surface area contributed by atoms with Crippen molar-refractivity contribution in [2.45, 2.75) is 31.8 Å². The Labute approximate surface area is 200 Å². The Morgan fingerprint density at radius 2 is 1.39 bits per heavy atom. The van der Waals surface area contributed by atoms with E-state index in [1.807, 2.05) is 98.8 Å². The lowest BCUT2D eigenvalue weighted by atomic mass is 9.75. The Bertz CT molecular complexity index is 1190. The van der Waals surface area contributed by atoms with Crippen molar-refractivity contribution in [2.75, 3.05) is 7.11 Å². The molecule has 1 aliphatic rings. The van der Waals surface area contributed by atoms with E-state index in [0.29, 0.717) is 10.6 Å². The number of carbonyl (C=O) groups excluding carboxylic acids is 1. The fraction of sp³-hybridized carbons (Fsp3) is 0.231. The van der Waals surface area contributed by atoms with Gasteiger partial charge in [0.15, 0.2) is 10.7 Å². The van der Waals surface area contributed by atoms with Crippen molar-refractivity contribution in [1.29, 1.82) is 0 Å². The Morgan fingerprint density at radius 3 is 1.85 bits per heavy atom. The molecule has 170 valence electrons. The van der Waals surface area contributed by atoms with Gasteiger partial charge < -0.3 is 10.1 Å². The summed E-state index contributed by atoms with van der Waals surface area (Å²) in [6, 6.07) is 26.5. The molecular formula is C26H27N2O3PS. The molecule has 0 aromatic heterocycles. The number of thiocarbonyl (C=S) groups is 1. The van der Waals surface area contributed by atoms with Gasteiger partial charge in [-0.05, 0) is 62.8 Å². The van der Waals surface area contributed by atoms with Gasteiger partial charge in [0.05, 0.1) is 7.11 Å². The summed E-state index contributed by atoms with van der Waals surface area (Å²) in [5.74, 6) is -0.483. The number of benzene rings is 3. The monoisotopic (exact) mass is 478 g/mol. The first-order chi connectivity index (χ1) is 15.7. The van der Waals surface area contributed by atoms with Crippen LogP contribution in [0.4, 0.5) is 0 Å². The quantitative estimate of drug-likeness (QED) is 0.336. The molecule has 1 aliphatic heterocycles. The lowest BCUT2D eigenvalue weighted by molar-refractivity contribution is -0.150. The van der Waals surface area contributed by atoms with E-state index in [1.165, 1.54) is 7.11 Å². The zero-order chi connectivity index (χ0) is 23.9. The van der Waals surface area contributed by atoms with Crippen molar-refractivity contribution in [3.8, 4) is 0 Å². The zero-order valence-corrected chi connectivity index (χ0v) is 20.8. The van der Waals surface area contributed by atoms with Gasteiger partial charge >= 0.3 is 5.97 Å². The van der Waals surface area contributed by atoms with Crippen LogP contribution in [0.25, 0.3) is 0 Å². The van der Waals surface area contributed by atoms with Gasteiger partial charge in [-0.3, -0.25) is 9.24 Å². The normalized spacial score (nSPS) is 22.7. The van der Waals surface area contributed by atoms with E-state index in [2.05, 4.69) is 5.32 Å². The van der Waals surface area contributed by atoms with Crippen LogP contribution in [-0.4, -0.2) is 28.4 Å². The fourth-order valence-corrected chi connectivity index (χ4v) is 8.42. The molecule has 4 rings (SSSR count). The smallest absolute Gasteiger partial charge is 0.334 e. The third-order valence-electron chi connectivity index (χ3n) is 6.65. The van der Waals surface area contributed by atoms with Gasteiger partial charge in [0.2, 0.25) is 7.29 Å². The van der Waals surface area contributed by atoms with Crippen LogP contribution in [0.15, 0.2) is 84.9 Å². The second-order valence-electron chi connectivity index (χ2n) is 8.54. The average Bonchev–Trinajstić information content (AvgIpc) is 3.06. The van der Waals surface area contributed by atoms with E-state index in [-0.39, 0.29) is 5.11 Å². The molecule has 2 atom stereocenters. The molecule has 0 radical (unpaired) electrons. The predicted molar refractivity (Wildman–Crippen MR) is 136 cm³/mol. The Hall–Kier alpha value is -2.95. The van der Waals surface area contributed by atoms with Crippen LogP contribution < -0.4 is 15.9 Å². The number of ether oxygens (including phenoxy) is 1. The third kappa shape index (κ3) is 3.40. The number of esters is 1. The summed E-state index contributed by atoms with van der Waals surface area (Å²) in [7, 11) is -2.18. The van der Waals surface area contributed by atoms with E-state index in [4.69, 9.17) is 17.0 Å². The average molecular weight is 479 g/mol. The molecule has 1 heterocycles. The predicted octanol–water partition coefficient (Wildman–Crippen LogP) is 4.26. The van der Waals surface area contributed by atoms with Gasteiger partial charge in [-0.15, -0.1) is 0 Å². The number of nitrogens with one attached hydrogen (secondary N) is 1. The van der Waals surface area contributed by atoms with Crippen LogP contribution in [0.5, 0.6) is 0 Å². The van der Waals surface area contributed by atoms with Crippen LogP contribution in [0.2, 0.25) is 0 Å². The van der Waals surface area contributed by atoms with Crippen LogP contribution in [0.3, 0.4) is 0 Å². The second kappa shape index (κ2) is 8.44. The summed E-state index contributed by atoms with van der Waals surface area (Å²) in [6.45, 7) is 5.66. The highest BCUT2D eigenvalue weighted by Gasteiger charge is 2.66. The molecule has 0 amide bonds. The number of carbonyl (C=O) groups is 1. The van der Waals surface area contributed by atoms with Crippen molar-refractivity contribution in [3.05, 3.63) is 96.1 Å². The Kier molecular flexibility index (Phi) is 5.94. The molecule has 1 fully saturated rings. The highest BCUT2D eigenvalue weighted by atomic mass is 32.1. The number of hydrogen-bond donors (Lipinski definition) is 1. The number of hydrogen-bond acceptors (Lipinski definition) is 4. The van der Waals surface area contributed by atoms with Gasteiger partial charge in [0.25, 0.3) is 0 Å². The minimum Gasteiger partial charge on any atom is -0.467 e. The van der Waals surface area contributed by atoms with Crippen molar-refractivity contribution >= 4 is 41.2 Å². The first-order valence-electron chi connectivity index (χ1n) is 10.7. The van der Waals surface area contributed by atoms with Crippen LogP contribution in [-0.2, 0) is 19.6 Å². The van der Waals surface area contributed by atoms with E-state index in [1.54, 1.807) is 11.6 Å². The van der Waals surface area contributed by atoms with Gasteiger partial charge in [-0.25, -0.2) is 4.79 Å². The topological polar surface area (TPSA) is 58.6 Å². The fourth-order valence-electron chi connectivity index (χ4n) is 4.60. The number of aryl methyl sites for hydroxylation is 1. The summed E-state index contributed by atoms with van der Waals surface area (Å²) in [5, 5.41) is 4.69. The van der Waals surface area contributed by atoms with Gasteiger partial charge in [-0.2, -0.15) is 0 Å². The van der Waals surface area contributed by atoms with Gasteiger partial charge in [0.1, 0.15) is 5.54 Å². The van der Waals surface area contributed by atoms with E-state index < -0.39 is 24.3 Å². The number of methoxy groups -OCH3 is 1. The standard InChI is InChI=1S/C26H27N2O3PS/c1-19-15-17-20(18-16-19)26(3)25(2,23(29)31-4)27-24(33)28(26)32(30,21-11-7-5-8-12-21)22-13-9-6-10-14-22/h5-18H,1-4H3,(H,27,33)/t25-,26+/m1/s1. The second-order valence-corrected chi connectivity index (χ2v) is 11.5. The maximum Gasteiger partial charge on any atom is 0.334 e. The Morgan fingerprint density at radius 1 is 0.909 bits per heavy atom. The largest absolute Gasteiger partial charge is 0.467 e. The van der Waals surface area contributed by atoms with Crippen LogP contribution in [0, 0.1) is 6.92 Å². The molecule has 0 unspecified atom stereocenters. The van der Waals surface area contributed by atoms with Crippen LogP contribution in [0.1, 0.15) is 25.0 Å². The van der Waals surface area contributed by atoms with E-state index >= 15 is 4.57 Å². The molecule has 0 saturated carbocycles. The number of rotatable bonds is 5. The van der Waals surface area contributed by atoms with E-state index in [0.717, 1.165) is 11.1 Å². The maximum absolute atomic E-state index is 15.3.